The number of carbonyl (C=O) groups excluding carboxylic acids is 1. The third-order valence-corrected chi connectivity index (χ3v) is 3.79. The van der Waals surface area contributed by atoms with E-state index in [-0.39, 0.29) is 6.54 Å². The fourth-order valence-electron chi connectivity index (χ4n) is 2.25. The van der Waals surface area contributed by atoms with Crippen molar-refractivity contribution in [1.29, 1.82) is 0 Å². The normalized spacial score (nSPS) is 15.4. The standard InChI is InChI=1S/C15H15N3O3/c19-13(20)15(6-7-15)9-17-14(21)18-12-5-1-4-11-10(12)3-2-8-16-11/h1-5,8H,6-7,9H2,(H,19,20)(H2,17,18,21). The predicted molar refractivity (Wildman–Crippen MR) is 78.1 cm³/mol. The predicted octanol–water partition coefficient (Wildman–Crippen LogP) is 2.22. The van der Waals surface area contributed by atoms with E-state index in [1.165, 1.54) is 0 Å². The number of fused-ring (bicyclic) bond motifs is 1. The summed E-state index contributed by atoms with van der Waals surface area (Å²) in [4.78, 5) is 27.2. The first-order valence-corrected chi connectivity index (χ1v) is 6.73. The van der Waals surface area contributed by atoms with Gasteiger partial charge in [-0.25, -0.2) is 4.79 Å². The Balaban J connectivity index is 1.68. The number of carboxylic acids is 1. The van der Waals surface area contributed by atoms with Crippen molar-refractivity contribution in [2.75, 3.05) is 11.9 Å². The van der Waals surface area contributed by atoms with Crippen LogP contribution < -0.4 is 10.6 Å². The molecule has 0 bridgehead atoms. The van der Waals surface area contributed by atoms with Crippen molar-refractivity contribution < 1.29 is 14.7 Å². The summed E-state index contributed by atoms with van der Waals surface area (Å²) in [6.45, 7) is 0.150. The molecule has 1 aromatic heterocycles. The van der Waals surface area contributed by atoms with Crippen molar-refractivity contribution in [3.8, 4) is 0 Å². The topological polar surface area (TPSA) is 91.3 Å². The molecule has 6 nitrogen and oxygen atoms in total. The number of amides is 2. The van der Waals surface area contributed by atoms with Crippen LogP contribution in [0.25, 0.3) is 10.9 Å². The SMILES string of the molecule is O=C(NCC1(C(=O)O)CC1)Nc1cccc2ncccc12. The number of rotatable bonds is 4. The number of nitrogens with one attached hydrogen (secondary N) is 2. The number of urea groups is 1. The third kappa shape index (κ3) is 2.65. The minimum absolute atomic E-state index is 0.150. The van der Waals surface area contributed by atoms with Crippen LogP contribution in [0, 0.1) is 5.41 Å². The summed E-state index contributed by atoms with van der Waals surface area (Å²) < 4.78 is 0. The summed E-state index contributed by atoms with van der Waals surface area (Å²) in [7, 11) is 0. The number of aromatic nitrogens is 1. The number of hydrogen-bond donors (Lipinski definition) is 3. The Morgan fingerprint density at radius 3 is 2.76 bits per heavy atom. The highest BCUT2D eigenvalue weighted by Gasteiger charge is 2.50. The zero-order valence-electron chi connectivity index (χ0n) is 11.3. The first-order chi connectivity index (χ1) is 10.1. The van der Waals surface area contributed by atoms with Crippen molar-refractivity contribution in [2.24, 2.45) is 5.41 Å². The van der Waals surface area contributed by atoms with Gasteiger partial charge in [-0.2, -0.15) is 0 Å². The summed E-state index contributed by atoms with van der Waals surface area (Å²) in [5.74, 6) is -0.850. The van der Waals surface area contributed by atoms with Crippen LogP contribution >= 0.6 is 0 Å². The zero-order valence-corrected chi connectivity index (χ0v) is 11.3. The second kappa shape index (κ2) is 5.05. The lowest BCUT2D eigenvalue weighted by Gasteiger charge is -2.13. The van der Waals surface area contributed by atoms with E-state index in [0.29, 0.717) is 18.5 Å². The van der Waals surface area contributed by atoms with Gasteiger partial charge in [0.2, 0.25) is 0 Å². The number of pyridine rings is 1. The average Bonchev–Trinajstić information content (AvgIpc) is 3.27. The molecule has 2 amide bonds. The molecule has 1 heterocycles. The molecule has 3 N–H and O–H groups in total. The Kier molecular flexibility index (Phi) is 3.21. The fraction of sp³-hybridized carbons (Fsp3) is 0.267. The van der Waals surface area contributed by atoms with Gasteiger partial charge in [0.1, 0.15) is 0 Å². The maximum atomic E-state index is 11.9. The van der Waals surface area contributed by atoms with Crippen LogP contribution in [-0.4, -0.2) is 28.6 Å². The highest BCUT2D eigenvalue weighted by Crippen LogP contribution is 2.45. The molecule has 2 aromatic rings. The van der Waals surface area contributed by atoms with Crippen LogP contribution in [0.4, 0.5) is 10.5 Å². The van der Waals surface area contributed by atoms with Crippen LogP contribution in [-0.2, 0) is 4.79 Å². The molecular weight excluding hydrogens is 270 g/mol. The Bertz CT molecular complexity index is 705. The molecule has 21 heavy (non-hydrogen) atoms. The molecule has 0 unspecified atom stereocenters. The van der Waals surface area contributed by atoms with E-state index < -0.39 is 17.4 Å². The van der Waals surface area contributed by atoms with Crippen LogP contribution in [0.1, 0.15) is 12.8 Å². The van der Waals surface area contributed by atoms with E-state index >= 15 is 0 Å². The van der Waals surface area contributed by atoms with Gasteiger partial charge in [0.25, 0.3) is 0 Å². The summed E-state index contributed by atoms with van der Waals surface area (Å²) in [6.07, 6.45) is 2.91. The van der Waals surface area contributed by atoms with Crippen LogP contribution in [0.5, 0.6) is 0 Å². The first kappa shape index (κ1) is 13.4. The number of carbonyl (C=O) groups is 2. The van der Waals surface area contributed by atoms with Gasteiger partial charge in [-0.05, 0) is 37.1 Å². The lowest BCUT2D eigenvalue weighted by Crippen LogP contribution is -2.36. The summed E-state index contributed by atoms with van der Waals surface area (Å²) in [5, 5.41) is 15.3. The summed E-state index contributed by atoms with van der Waals surface area (Å²) in [5.41, 5.74) is 0.676. The lowest BCUT2D eigenvalue weighted by molar-refractivity contribution is -0.143. The number of benzene rings is 1. The molecule has 1 aliphatic rings. The van der Waals surface area contributed by atoms with Crippen molar-refractivity contribution >= 4 is 28.6 Å². The highest BCUT2D eigenvalue weighted by atomic mass is 16.4. The maximum absolute atomic E-state index is 11.9. The number of hydrogen-bond acceptors (Lipinski definition) is 3. The third-order valence-electron chi connectivity index (χ3n) is 3.79. The Hall–Kier alpha value is -2.63. The van der Waals surface area contributed by atoms with Gasteiger partial charge in [-0.15, -0.1) is 0 Å². The molecule has 108 valence electrons. The molecule has 1 aromatic carbocycles. The van der Waals surface area contributed by atoms with Gasteiger partial charge in [0.05, 0.1) is 16.6 Å². The minimum atomic E-state index is -0.850. The first-order valence-electron chi connectivity index (χ1n) is 6.73. The summed E-state index contributed by atoms with van der Waals surface area (Å²) >= 11 is 0. The Morgan fingerprint density at radius 1 is 1.24 bits per heavy atom. The monoisotopic (exact) mass is 285 g/mol. The van der Waals surface area contributed by atoms with Gasteiger partial charge in [0.15, 0.2) is 0 Å². The van der Waals surface area contributed by atoms with Crippen LogP contribution in [0.15, 0.2) is 36.5 Å². The van der Waals surface area contributed by atoms with Crippen molar-refractivity contribution in [1.82, 2.24) is 10.3 Å². The van der Waals surface area contributed by atoms with Crippen molar-refractivity contribution in [3.05, 3.63) is 36.5 Å². The van der Waals surface area contributed by atoms with E-state index in [0.717, 1.165) is 10.9 Å². The summed E-state index contributed by atoms with van der Waals surface area (Å²) in [6, 6.07) is 8.73. The largest absolute Gasteiger partial charge is 0.481 e. The molecule has 1 fully saturated rings. The number of aliphatic carboxylic acids is 1. The molecule has 6 heteroatoms. The Labute approximate surface area is 121 Å². The molecule has 0 radical (unpaired) electrons. The molecule has 0 saturated heterocycles. The van der Waals surface area contributed by atoms with Crippen LogP contribution in [0.3, 0.4) is 0 Å². The fourth-order valence-corrected chi connectivity index (χ4v) is 2.25. The van der Waals surface area contributed by atoms with Gasteiger partial charge < -0.3 is 15.7 Å². The van der Waals surface area contributed by atoms with Gasteiger partial charge in [-0.3, -0.25) is 9.78 Å². The molecule has 0 atom stereocenters. The smallest absolute Gasteiger partial charge is 0.319 e. The lowest BCUT2D eigenvalue weighted by atomic mass is 10.1. The van der Waals surface area contributed by atoms with Gasteiger partial charge in [-0.1, -0.05) is 6.07 Å². The van der Waals surface area contributed by atoms with Crippen molar-refractivity contribution in [3.63, 3.8) is 0 Å². The Morgan fingerprint density at radius 2 is 2.05 bits per heavy atom. The minimum Gasteiger partial charge on any atom is -0.481 e. The second-order valence-corrected chi connectivity index (χ2v) is 5.27. The molecule has 0 spiro atoms. The molecule has 1 saturated carbocycles. The van der Waals surface area contributed by atoms with E-state index in [1.54, 1.807) is 18.3 Å². The second-order valence-electron chi connectivity index (χ2n) is 5.27. The van der Waals surface area contributed by atoms with E-state index in [1.807, 2.05) is 18.2 Å². The number of anilines is 1. The molecule has 3 rings (SSSR count). The highest BCUT2D eigenvalue weighted by molar-refractivity contribution is 6.00. The zero-order chi connectivity index (χ0) is 14.9. The van der Waals surface area contributed by atoms with Gasteiger partial charge in [0, 0.05) is 18.1 Å². The molecular formula is C15H15N3O3. The molecule has 0 aliphatic heterocycles. The van der Waals surface area contributed by atoms with Gasteiger partial charge >= 0.3 is 12.0 Å². The number of nitrogens with zero attached hydrogens (tertiary/aromatic N) is 1. The number of carboxylic acid groups (broad SMARTS) is 1. The maximum Gasteiger partial charge on any atom is 0.319 e. The van der Waals surface area contributed by atoms with Crippen molar-refractivity contribution in [2.45, 2.75) is 12.8 Å². The van der Waals surface area contributed by atoms with E-state index in [4.69, 9.17) is 5.11 Å². The van der Waals surface area contributed by atoms with E-state index in [2.05, 4.69) is 15.6 Å². The van der Waals surface area contributed by atoms with E-state index in [9.17, 15) is 9.59 Å². The average molecular weight is 285 g/mol. The van der Waals surface area contributed by atoms with Crippen LogP contribution in [0.2, 0.25) is 0 Å². The quantitative estimate of drug-likeness (QED) is 0.803. The molecule has 1 aliphatic carbocycles.